The SMILES string of the molecule is CC(CN)C(=O)NC(C)C(=O)Nc1cccc(N2CCCC2)c1. The maximum Gasteiger partial charge on any atom is 0.246 e. The molecule has 2 atom stereocenters. The van der Waals surface area contributed by atoms with Gasteiger partial charge in [0.25, 0.3) is 0 Å². The Morgan fingerprint density at radius 1 is 1.22 bits per heavy atom. The van der Waals surface area contributed by atoms with Gasteiger partial charge in [-0.15, -0.1) is 0 Å². The summed E-state index contributed by atoms with van der Waals surface area (Å²) in [6.45, 7) is 5.78. The van der Waals surface area contributed by atoms with Gasteiger partial charge in [0, 0.05) is 36.9 Å². The fourth-order valence-corrected chi connectivity index (χ4v) is 2.53. The number of hydrogen-bond donors (Lipinski definition) is 3. The van der Waals surface area contributed by atoms with Crippen LogP contribution >= 0.6 is 0 Å². The molecule has 1 fully saturated rings. The second-order valence-electron chi connectivity index (χ2n) is 6.10. The number of nitrogens with two attached hydrogens (primary N) is 1. The Hall–Kier alpha value is -2.08. The molecule has 6 nitrogen and oxygen atoms in total. The van der Waals surface area contributed by atoms with E-state index in [2.05, 4.69) is 21.6 Å². The van der Waals surface area contributed by atoms with E-state index < -0.39 is 6.04 Å². The predicted octanol–water partition coefficient (Wildman–Crippen LogP) is 1.32. The Morgan fingerprint density at radius 2 is 1.91 bits per heavy atom. The smallest absolute Gasteiger partial charge is 0.246 e. The first-order valence-corrected chi connectivity index (χ1v) is 8.17. The minimum atomic E-state index is -0.605. The molecule has 0 spiro atoms. The van der Waals surface area contributed by atoms with Gasteiger partial charge in [-0.1, -0.05) is 13.0 Å². The average molecular weight is 318 g/mol. The summed E-state index contributed by atoms with van der Waals surface area (Å²) in [5, 5.41) is 5.54. The van der Waals surface area contributed by atoms with E-state index in [1.165, 1.54) is 12.8 Å². The van der Waals surface area contributed by atoms with E-state index in [1.807, 2.05) is 18.2 Å². The number of anilines is 2. The van der Waals surface area contributed by atoms with Gasteiger partial charge in [0.05, 0.1) is 0 Å². The summed E-state index contributed by atoms with van der Waals surface area (Å²) in [5.41, 5.74) is 7.32. The van der Waals surface area contributed by atoms with Crippen LogP contribution in [0.1, 0.15) is 26.7 Å². The molecule has 4 N–H and O–H groups in total. The van der Waals surface area contributed by atoms with Crippen molar-refractivity contribution in [2.24, 2.45) is 11.7 Å². The molecule has 2 unspecified atom stereocenters. The first-order chi connectivity index (χ1) is 11.0. The van der Waals surface area contributed by atoms with E-state index >= 15 is 0 Å². The van der Waals surface area contributed by atoms with E-state index in [4.69, 9.17) is 5.73 Å². The van der Waals surface area contributed by atoms with E-state index in [0.29, 0.717) is 0 Å². The monoisotopic (exact) mass is 318 g/mol. The Bertz CT molecular complexity index is 555. The van der Waals surface area contributed by atoms with Crippen molar-refractivity contribution in [1.29, 1.82) is 0 Å². The summed E-state index contributed by atoms with van der Waals surface area (Å²) in [4.78, 5) is 26.3. The Balaban J connectivity index is 1.94. The molecule has 1 aromatic rings. The van der Waals surface area contributed by atoms with Gasteiger partial charge in [-0.25, -0.2) is 0 Å². The molecule has 1 aromatic carbocycles. The van der Waals surface area contributed by atoms with Gasteiger partial charge in [0.15, 0.2) is 0 Å². The lowest BCUT2D eigenvalue weighted by atomic mass is 10.1. The molecule has 126 valence electrons. The van der Waals surface area contributed by atoms with Crippen molar-refractivity contribution >= 4 is 23.2 Å². The van der Waals surface area contributed by atoms with Gasteiger partial charge in [-0.2, -0.15) is 0 Å². The Morgan fingerprint density at radius 3 is 2.57 bits per heavy atom. The Labute approximate surface area is 137 Å². The zero-order valence-corrected chi connectivity index (χ0v) is 13.8. The maximum absolute atomic E-state index is 12.2. The number of hydrogen-bond acceptors (Lipinski definition) is 4. The molecular formula is C17H26N4O2. The molecule has 0 saturated carbocycles. The zero-order valence-electron chi connectivity index (χ0n) is 13.8. The number of carbonyl (C=O) groups excluding carboxylic acids is 2. The van der Waals surface area contributed by atoms with Gasteiger partial charge in [0.1, 0.15) is 6.04 Å². The number of carbonyl (C=O) groups is 2. The largest absolute Gasteiger partial charge is 0.371 e. The second-order valence-corrected chi connectivity index (χ2v) is 6.10. The topological polar surface area (TPSA) is 87.5 Å². The molecule has 1 saturated heterocycles. The van der Waals surface area contributed by atoms with E-state index in [1.54, 1.807) is 13.8 Å². The standard InChI is InChI=1S/C17H26N4O2/c1-12(11-18)16(22)19-13(2)17(23)20-14-6-5-7-15(10-14)21-8-3-4-9-21/h5-7,10,12-13H,3-4,8-9,11,18H2,1-2H3,(H,19,22)(H,20,23). The van der Waals surface area contributed by atoms with E-state index in [9.17, 15) is 9.59 Å². The molecule has 2 amide bonds. The van der Waals surface area contributed by atoms with Crippen LogP contribution in [0.15, 0.2) is 24.3 Å². The molecular weight excluding hydrogens is 292 g/mol. The Kier molecular flexibility index (Phi) is 5.98. The first kappa shape index (κ1) is 17.3. The number of amides is 2. The van der Waals surface area contributed by atoms with Crippen molar-refractivity contribution in [3.05, 3.63) is 24.3 Å². The summed E-state index contributed by atoms with van der Waals surface area (Å²) in [6, 6.07) is 7.21. The fourth-order valence-electron chi connectivity index (χ4n) is 2.53. The van der Waals surface area contributed by atoms with Gasteiger partial charge in [0.2, 0.25) is 11.8 Å². The molecule has 1 aliphatic rings. The molecule has 0 aromatic heterocycles. The van der Waals surface area contributed by atoms with E-state index in [-0.39, 0.29) is 24.3 Å². The van der Waals surface area contributed by atoms with Crippen molar-refractivity contribution in [2.45, 2.75) is 32.7 Å². The number of rotatable bonds is 6. The highest BCUT2D eigenvalue weighted by Crippen LogP contribution is 2.23. The average Bonchev–Trinajstić information content (AvgIpc) is 3.08. The first-order valence-electron chi connectivity index (χ1n) is 8.17. The molecule has 2 rings (SSSR count). The van der Waals surface area contributed by atoms with E-state index in [0.717, 1.165) is 24.5 Å². The maximum atomic E-state index is 12.2. The zero-order chi connectivity index (χ0) is 16.8. The van der Waals surface area contributed by atoms with Crippen molar-refractivity contribution in [3.63, 3.8) is 0 Å². The lowest BCUT2D eigenvalue weighted by Gasteiger charge is -2.20. The lowest BCUT2D eigenvalue weighted by Crippen LogP contribution is -2.45. The summed E-state index contributed by atoms with van der Waals surface area (Å²) < 4.78 is 0. The number of nitrogens with zero attached hydrogens (tertiary/aromatic N) is 1. The van der Waals surface area contributed by atoms with Gasteiger partial charge in [-0.3, -0.25) is 9.59 Å². The summed E-state index contributed by atoms with van der Waals surface area (Å²) in [6.07, 6.45) is 2.41. The predicted molar refractivity (Wildman–Crippen MR) is 92.3 cm³/mol. The molecule has 23 heavy (non-hydrogen) atoms. The molecule has 1 aliphatic heterocycles. The summed E-state index contributed by atoms with van der Waals surface area (Å²) in [5.74, 6) is -0.745. The van der Waals surface area contributed by atoms with Crippen molar-refractivity contribution in [2.75, 3.05) is 29.9 Å². The van der Waals surface area contributed by atoms with Crippen molar-refractivity contribution in [3.8, 4) is 0 Å². The minimum Gasteiger partial charge on any atom is -0.371 e. The molecule has 0 aliphatic carbocycles. The van der Waals surface area contributed by atoms with Gasteiger partial charge >= 0.3 is 0 Å². The molecule has 1 heterocycles. The van der Waals surface area contributed by atoms with Gasteiger partial charge < -0.3 is 21.3 Å². The highest BCUT2D eigenvalue weighted by molar-refractivity contribution is 5.97. The molecule has 0 radical (unpaired) electrons. The quantitative estimate of drug-likeness (QED) is 0.738. The van der Waals surface area contributed by atoms with Crippen LogP contribution in [0.3, 0.4) is 0 Å². The molecule has 0 bridgehead atoms. The summed E-state index contributed by atoms with van der Waals surface area (Å²) >= 11 is 0. The van der Waals surface area contributed by atoms with Crippen LogP contribution in [0.2, 0.25) is 0 Å². The summed E-state index contributed by atoms with van der Waals surface area (Å²) in [7, 11) is 0. The third-order valence-electron chi connectivity index (χ3n) is 4.14. The highest BCUT2D eigenvalue weighted by atomic mass is 16.2. The van der Waals surface area contributed by atoms with Crippen molar-refractivity contribution < 1.29 is 9.59 Å². The fraction of sp³-hybridized carbons (Fsp3) is 0.529. The van der Waals surface area contributed by atoms with Crippen LogP contribution in [0.4, 0.5) is 11.4 Å². The normalized spacial score (nSPS) is 16.7. The van der Waals surface area contributed by atoms with Crippen LogP contribution in [0, 0.1) is 5.92 Å². The second kappa shape index (κ2) is 7.97. The third kappa shape index (κ3) is 4.69. The van der Waals surface area contributed by atoms with Crippen LogP contribution in [0.25, 0.3) is 0 Å². The highest BCUT2D eigenvalue weighted by Gasteiger charge is 2.19. The van der Waals surface area contributed by atoms with Crippen LogP contribution in [-0.4, -0.2) is 37.5 Å². The van der Waals surface area contributed by atoms with Crippen LogP contribution < -0.4 is 21.3 Å². The minimum absolute atomic E-state index is 0.207. The van der Waals surface area contributed by atoms with Crippen molar-refractivity contribution in [1.82, 2.24) is 5.32 Å². The van der Waals surface area contributed by atoms with Crippen LogP contribution in [0.5, 0.6) is 0 Å². The number of nitrogens with one attached hydrogen (secondary N) is 2. The van der Waals surface area contributed by atoms with Crippen LogP contribution in [-0.2, 0) is 9.59 Å². The molecule has 6 heteroatoms. The third-order valence-corrected chi connectivity index (χ3v) is 4.14. The lowest BCUT2D eigenvalue weighted by molar-refractivity contribution is -0.128. The van der Waals surface area contributed by atoms with Gasteiger partial charge in [-0.05, 0) is 38.0 Å². The number of benzene rings is 1.